The van der Waals surface area contributed by atoms with Gasteiger partial charge in [-0.05, 0) is 62.8 Å². The molecule has 7 rings (SSSR count). The molecule has 2 atom stereocenters. The molecule has 5 heterocycles. The summed E-state index contributed by atoms with van der Waals surface area (Å²) in [7, 11) is 0. The Bertz CT molecular complexity index is 2120. The molecule has 0 radical (unpaired) electrons. The number of piperidine rings is 1. The number of likely N-dealkylation sites (tertiary alicyclic amines) is 1. The quantitative estimate of drug-likeness (QED) is 0.144. The van der Waals surface area contributed by atoms with Crippen molar-refractivity contribution in [2.75, 3.05) is 13.1 Å². The van der Waals surface area contributed by atoms with Crippen molar-refractivity contribution in [2.24, 2.45) is 5.92 Å². The van der Waals surface area contributed by atoms with Crippen LogP contribution in [0.15, 0.2) is 67.0 Å². The van der Waals surface area contributed by atoms with Crippen LogP contribution in [0.4, 0.5) is 5.69 Å². The fourth-order valence-electron chi connectivity index (χ4n) is 7.29. The second-order valence-corrected chi connectivity index (χ2v) is 12.1. The van der Waals surface area contributed by atoms with E-state index in [2.05, 4.69) is 0 Å². The summed E-state index contributed by atoms with van der Waals surface area (Å²) in [5.41, 5.74) is 4.50. The molecule has 0 aliphatic carbocycles. The Labute approximate surface area is 251 Å². The van der Waals surface area contributed by atoms with Crippen LogP contribution >= 0.6 is 0 Å². The van der Waals surface area contributed by atoms with E-state index in [1.807, 2.05) is 57.2 Å². The number of nitro groups is 1. The third-order valence-electron chi connectivity index (χ3n) is 9.42. The van der Waals surface area contributed by atoms with E-state index in [-0.39, 0.29) is 30.6 Å². The van der Waals surface area contributed by atoms with Crippen molar-refractivity contribution in [3.05, 3.63) is 108 Å². The minimum atomic E-state index is -0.649. The highest BCUT2D eigenvalue weighted by Gasteiger charge is 2.37. The van der Waals surface area contributed by atoms with Crippen LogP contribution in [0.1, 0.15) is 46.9 Å². The first-order valence-corrected chi connectivity index (χ1v) is 14.8. The van der Waals surface area contributed by atoms with Crippen molar-refractivity contribution in [1.29, 1.82) is 0 Å². The molecule has 0 saturated carbocycles. The minimum absolute atomic E-state index is 0.0278. The summed E-state index contributed by atoms with van der Waals surface area (Å²) in [6, 6.07) is 15.0. The maximum absolute atomic E-state index is 13.5. The Kier molecular flexibility index (Phi) is 6.53. The molecule has 2 aliphatic rings. The Balaban J connectivity index is 1.17. The maximum Gasteiger partial charge on any atom is 0.339 e. The van der Waals surface area contributed by atoms with E-state index < -0.39 is 21.8 Å². The highest BCUT2D eigenvalue weighted by molar-refractivity contribution is 6.05. The van der Waals surface area contributed by atoms with E-state index >= 15 is 0 Å². The SMILES string of the molecule is Cc1oc2c(C)c3oc(=O)c(CCC(=O)N4CC5CC(C4)c4ccc([N+](=O)[O-])c(=O)n4C5)c(C)c3cc2c1-c1ccccc1. The number of benzene rings is 2. The zero-order valence-electron chi connectivity index (χ0n) is 24.7. The van der Waals surface area contributed by atoms with Gasteiger partial charge in [0, 0.05) is 71.2 Å². The Morgan fingerprint density at radius 3 is 2.45 bits per heavy atom. The lowest BCUT2D eigenvalue weighted by atomic mass is 9.83. The van der Waals surface area contributed by atoms with Gasteiger partial charge >= 0.3 is 16.9 Å². The molecule has 2 aromatic carbocycles. The molecule has 0 N–H and O–H groups in total. The monoisotopic (exact) mass is 593 g/mol. The van der Waals surface area contributed by atoms with Crippen LogP contribution in [0, 0.1) is 36.8 Å². The van der Waals surface area contributed by atoms with E-state index in [9.17, 15) is 24.5 Å². The van der Waals surface area contributed by atoms with Gasteiger partial charge in [-0.2, -0.15) is 0 Å². The van der Waals surface area contributed by atoms with Gasteiger partial charge in [-0.1, -0.05) is 30.3 Å². The molecule has 10 heteroatoms. The summed E-state index contributed by atoms with van der Waals surface area (Å²) in [6.45, 7) is 6.97. The number of furan rings is 1. The van der Waals surface area contributed by atoms with Crippen molar-refractivity contribution < 1.29 is 18.6 Å². The number of rotatable bonds is 5. The summed E-state index contributed by atoms with van der Waals surface area (Å²) in [5.74, 6) is 0.669. The first kappa shape index (κ1) is 27.8. The Hall–Kier alpha value is -4.99. The molecule has 5 aromatic rings. The molecule has 44 heavy (non-hydrogen) atoms. The first-order valence-electron chi connectivity index (χ1n) is 14.8. The molecular weight excluding hydrogens is 562 g/mol. The lowest BCUT2D eigenvalue weighted by molar-refractivity contribution is -0.386. The van der Waals surface area contributed by atoms with Crippen molar-refractivity contribution >= 4 is 33.5 Å². The van der Waals surface area contributed by atoms with E-state index in [1.54, 1.807) is 11.0 Å². The Morgan fingerprint density at radius 2 is 1.70 bits per heavy atom. The molecular formula is C34H31N3O7. The number of aryl methyl sites for hydroxylation is 3. The van der Waals surface area contributed by atoms with Gasteiger partial charge in [0.25, 0.3) is 0 Å². The highest BCUT2D eigenvalue weighted by atomic mass is 16.6. The van der Waals surface area contributed by atoms with Crippen molar-refractivity contribution in [3.63, 3.8) is 0 Å². The molecule has 1 fully saturated rings. The van der Waals surface area contributed by atoms with Gasteiger partial charge in [0.1, 0.15) is 16.9 Å². The van der Waals surface area contributed by atoms with E-state index in [4.69, 9.17) is 8.83 Å². The zero-order chi connectivity index (χ0) is 30.9. The molecule has 2 unspecified atom stereocenters. The summed E-state index contributed by atoms with van der Waals surface area (Å²) >= 11 is 0. The van der Waals surface area contributed by atoms with Crippen LogP contribution in [0.5, 0.6) is 0 Å². The van der Waals surface area contributed by atoms with Crippen molar-refractivity contribution in [3.8, 4) is 11.1 Å². The number of pyridine rings is 1. The summed E-state index contributed by atoms with van der Waals surface area (Å²) in [4.78, 5) is 51.8. The van der Waals surface area contributed by atoms with E-state index in [0.29, 0.717) is 36.4 Å². The van der Waals surface area contributed by atoms with E-state index in [0.717, 1.165) is 50.9 Å². The summed E-state index contributed by atoms with van der Waals surface area (Å²) < 4.78 is 13.5. The molecule has 10 nitrogen and oxygen atoms in total. The number of hydrogen-bond donors (Lipinski definition) is 0. The zero-order valence-corrected chi connectivity index (χ0v) is 24.7. The van der Waals surface area contributed by atoms with Crippen molar-refractivity contribution in [2.45, 2.75) is 52.5 Å². The van der Waals surface area contributed by atoms with Gasteiger partial charge in [0.2, 0.25) is 5.91 Å². The van der Waals surface area contributed by atoms with Crippen LogP contribution < -0.4 is 11.2 Å². The third-order valence-corrected chi connectivity index (χ3v) is 9.42. The van der Waals surface area contributed by atoms with E-state index in [1.165, 1.54) is 10.6 Å². The first-order chi connectivity index (χ1) is 21.1. The molecule has 1 saturated heterocycles. The number of carbonyl (C=O) groups excluding carboxylic acids is 1. The second-order valence-electron chi connectivity index (χ2n) is 12.1. The average Bonchev–Trinajstić information content (AvgIpc) is 3.34. The Morgan fingerprint density at radius 1 is 0.955 bits per heavy atom. The van der Waals surface area contributed by atoms with Crippen LogP contribution in [0.3, 0.4) is 0 Å². The van der Waals surface area contributed by atoms with Gasteiger partial charge in [-0.15, -0.1) is 0 Å². The van der Waals surface area contributed by atoms with Gasteiger partial charge in [-0.3, -0.25) is 19.7 Å². The molecule has 1 amide bonds. The number of hydrogen-bond acceptors (Lipinski definition) is 7. The fraction of sp³-hybridized carbons (Fsp3) is 0.324. The van der Waals surface area contributed by atoms with Gasteiger partial charge in [0.05, 0.1) is 4.92 Å². The largest absolute Gasteiger partial charge is 0.460 e. The topological polar surface area (TPSA) is 129 Å². The molecule has 224 valence electrons. The number of carbonyl (C=O) groups is 1. The van der Waals surface area contributed by atoms with Crippen LogP contribution in [0.2, 0.25) is 0 Å². The molecule has 0 spiro atoms. The number of aromatic nitrogens is 1. The van der Waals surface area contributed by atoms with Crippen LogP contribution in [-0.2, 0) is 17.8 Å². The number of amides is 1. The average molecular weight is 594 g/mol. The summed E-state index contributed by atoms with van der Waals surface area (Å²) in [5, 5.41) is 13.0. The molecule has 2 bridgehead atoms. The number of nitrogens with zero attached hydrogens (tertiary/aromatic N) is 3. The molecule has 2 aliphatic heterocycles. The van der Waals surface area contributed by atoms with Gasteiger partial charge in [0.15, 0.2) is 0 Å². The predicted molar refractivity (Wildman–Crippen MR) is 165 cm³/mol. The smallest absolute Gasteiger partial charge is 0.339 e. The molecule has 3 aromatic heterocycles. The maximum atomic E-state index is 13.5. The second kappa shape index (κ2) is 10.3. The number of fused-ring (bicyclic) bond motifs is 6. The van der Waals surface area contributed by atoms with Gasteiger partial charge in [-0.25, -0.2) is 4.79 Å². The highest BCUT2D eigenvalue weighted by Crippen LogP contribution is 2.40. The summed E-state index contributed by atoms with van der Waals surface area (Å²) in [6.07, 6.45) is 1.20. The predicted octanol–water partition coefficient (Wildman–Crippen LogP) is 5.78. The van der Waals surface area contributed by atoms with Crippen molar-refractivity contribution in [1.82, 2.24) is 9.47 Å². The standard InChI is InChI=1S/C34H31N3O7/c1-18-24(9-12-29(38)35-15-21-13-23(17-35)27-10-11-28(37(41)42)33(39)36(27)16-21)34(40)44-31-19(2)32-26(14-25(18)31)30(20(3)43-32)22-7-5-4-6-8-22/h4-8,10-11,14,21,23H,9,12-13,15-17H2,1-3H3. The fourth-order valence-corrected chi connectivity index (χ4v) is 7.29. The van der Waals surface area contributed by atoms with Gasteiger partial charge < -0.3 is 18.3 Å². The minimum Gasteiger partial charge on any atom is -0.460 e. The normalized spacial score (nSPS) is 17.7. The lowest BCUT2D eigenvalue weighted by Gasteiger charge is -2.42. The lowest BCUT2D eigenvalue weighted by Crippen LogP contribution is -2.49. The van der Waals surface area contributed by atoms with Crippen LogP contribution in [-0.4, -0.2) is 33.4 Å². The van der Waals surface area contributed by atoms with Crippen LogP contribution in [0.25, 0.3) is 33.1 Å². The third kappa shape index (κ3) is 4.35.